The van der Waals surface area contributed by atoms with Crippen molar-refractivity contribution >= 4 is 17.4 Å². The van der Waals surface area contributed by atoms with Gasteiger partial charge in [-0.3, -0.25) is 9.59 Å². The first-order valence-electron chi connectivity index (χ1n) is 11.1. The summed E-state index contributed by atoms with van der Waals surface area (Å²) in [5.41, 5.74) is 1.82. The summed E-state index contributed by atoms with van der Waals surface area (Å²) >= 11 is 0. The number of hydrogen-bond donors (Lipinski definition) is 2. The van der Waals surface area contributed by atoms with Gasteiger partial charge in [-0.1, -0.05) is 26.0 Å². The van der Waals surface area contributed by atoms with Gasteiger partial charge in [-0.2, -0.15) is 0 Å². The number of carbonyl (C=O) groups excluding carboxylic acids is 2. The number of rotatable bonds is 8. The van der Waals surface area contributed by atoms with E-state index in [0.29, 0.717) is 42.5 Å². The highest BCUT2D eigenvalue weighted by Crippen LogP contribution is 2.40. The molecule has 176 valence electrons. The minimum atomic E-state index is -0.797. The molecule has 0 aliphatic carbocycles. The first-order chi connectivity index (χ1) is 15.6. The largest absolute Gasteiger partial charge is 0.508 e. The third kappa shape index (κ3) is 5.37. The number of phenolic OH excluding ortho intramolecular Hbond substituents is 1. The second kappa shape index (κ2) is 10.1. The zero-order chi connectivity index (χ0) is 24.3. The first-order valence-corrected chi connectivity index (χ1v) is 11.1. The van der Waals surface area contributed by atoms with Crippen LogP contribution in [-0.4, -0.2) is 65.5 Å². The Morgan fingerprint density at radius 2 is 1.88 bits per heavy atom. The third-order valence-electron chi connectivity index (χ3n) is 5.53. The number of nitrogens with zero attached hydrogens (tertiary/aromatic N) is 2. The molecule has 0 saturated carbocycles. The Morgan fingerprint density at radius 3 is 2.48 bits per heavy atom. The number of ketones is 1. The lowest BCUT2D eigenvalue weighted by Gasteiger charge is -2.26. The molecule has 3 rings (SSSR count). The predicted molar refractivity (Wildman–Crippen MR) is 127 cm³/mol. The highest BCUT2D eigenvalue weighted by Gasteiger charge is 2.46. The molecule has 1 saturated heterocycles. The van der Waals surface area contributed by atoms with Crippen LogP contribution in [0.5, 0.6) is 11.5 Å². The number of aliphatic hydroxyl groups is 1. The van der Waals surface area contributed by atoms with Crippen LogP contribution >= 0.6 is 0 Å². The number of likely N-dealkylation sites (N-methyl/N-ethyl adjacent to an activating group) is 1. The minimum Gasteiger partial charge on any atom is -0.508 e. The second-order valence-corrected chi connectivity index (χ2v) is 9.08. The number of aryl methyl sites for hydroxylation is 1. The van der Waals surface area contributed by atoms with E-state index in [-0.39, 0.29) is 17.1 Å². The summed E-state index contributed by atoms with van der Waals surface area (Å²) in [6.07, 6.45) is 0. The lowest BCUT2D eigenvalue weighted by molar-refractivity contribution is -0.140. The number of likely N-dealkylation sites (tertiary alicyclic amines) is 1. The molecule has 1 unspecified atom stereocenters. The fraction of sp³-hybridized carbons (Fsp3) is 0.385. The van der Waals surface area contributed by atoms with E-state index in [4.69, 9.17) is 4.74 Å². The van der Waals surface area contributed by atoms with Crippen LogP contribution in [0.3, 0.4) is 0 Å². The Kier molecular flexibility index (Phi) is 7.43. The van der Waals surface area contributed by atoms with E-state index in [9.17, 15) is 19.8 Å². The van der Waals surface area contributed by atoms with Gasteiger partial charge in [-0.05, 0) is 68.4 Å². The molecule has 7 heteroatoms. The lowest BCUT2D eigenvalue weighted by Crippen LogP contribution is -2.35. The minimum absolute atomic E-state index is 0.0135. The van der Waals surface area contributed by atoms with Crippen molar-refractivity contribution in [2.45, 2.75) is 26.8 Å². The average Bonchev–Trinajstić information content (AvgIpc) is 3.01. The molecule has 7 nitrogen and oxygen atoms in total. The van der Waals surface area contributed by atoms with Crippen LogP contribution < -0.4 is 4.74 Å². The number of aliphatic hydroxyl groups excluding tert-OH is 1. The fourth-order valence-electron chi connectivity index (χ4n) is 3.83. The van der Waals surface area contributed by atoms with Gasteiger partial charge in [0.25, 0.3) is 11.7 Å². The van der Waals surface area contributed by atoms with Gasteiger partial charge in [0.2, 0.25) is 0 Å². The number of phenols is 1. The quantitative estimate of drug-likeness (QED) is 0.360. The SMILES string of the molecule is Cc1cc(/C(O)=C2/C(=O)C(=O)N(CCN(C)C)C2c2cccc(O)c2)ccc1OCC(C)C. The average molecular weight is 453 g/mol. The molecule has 0 spiro atoms. The van der Waals surface area contributed by atoms with E-state index in [1.807, 2.05) is 25.9 Å². The normalized spacial score (nSPS) is 17.9. The molecule has 1 fully saturated rings. The standard InChI is InChI=1S/C26H32N2O5/c1-16(2)15-33-21-10-9-19(13-17(21)3)24(30)22-23(18-7-6-8-20(29)14-18)28(12-11-27(4)5)26(32)25(22)31/h6-10,13-14,16,23,29-30H,11-12,15H2,1-5H3/b24-22-. The Bertz CT molecular complexity index is 1070. The maximum atomic E-state index is 13.1. The zero-order valence-electron chi connectivity index (χ0n) is 19.8. The second-order valence-electron chi connectivity index (χ2n) is 9.08. The van der Waals surface area contributed by atoms with E-state index in [0.717, 1.165) is 5.56 Å². The van der Waals surface area contributed by atoms with Crippen molar-refractivity contribution in [3.8, 4) is 11.5 Å². The lowest BCUT2D eigenvalue weighted by atomic mass is 9.94. The monoisotopic (exact) mass is 452 g/mol. The number of aromatic hydroxyl groups is 1. The van der Waals surface area contributed by atoms with Gasteiger partial charge in [-0.15, -0.1) is 0 Å². The first kappa shape index (κ1) is 24.3. The summed E-state index contributed by atoms with van der Waals surface area (Å²) in [7, 11) is 3.76. The topological polar surface area (TPSA) is 90.3 Å². The number of carbonyl (C=O) groups is 2. The van der Waals surface area contributed by atoms with E-state index < -0.39 is 17.7 Å². The molecule has 33 heavy (non-hydrogen) atoms. The molecule has 1 atom stereocenters. The van der Waals surface area contributed by atoms with Crippen LogP contribution in [0.25, 0.3) is 5.76 Å². The summed E-state index contributed by atoms with van der Waals surface area (Å²) in [5.74, 6) is -0.548. The van der Waals surface area contributed by atoms with Gasteiger partial charge in [0.15, 0.2) is 0 Å². The molecule has 1 heterocycles. The summed E-state index contributed by atoms with van der Waals surface area (Å²) in [5, 5.41) is 21.2. The van der Waals surface area contributed by atoms with Gasteiger partial charge in [-0.25, -0.2) is 0 Å². The Morgan fingerprint density at radius 1 is 1.15 bits per heavy atom. The van der Waals surface area contributed by atoms with Crippen molar-refractivity contribution in [1.82, 2.24) is 9.80 Å². The highest BCUT2D eigenvalue weighted by molar-refractivity contribution is 6.46. The molecular weight excluding hydrogens is 420 g/mol. The molecule has 0 aromatic heterocycles. The zero-order valence-corrected chi connectivity index (χ0v) is 19.8. The van der Waals surface area contributed by atoms with Crippen molar-refractivity contribution in [3.63, 3.8) is 0 Å². The van der Waals surface area contributed by atoms with E-state index in [1.54, 1.807) is 30.3 Å². The summed E-state index contributed by atoms with van der Waals surface area (Å²) < 4.78 is 5.81. The van der Waals surface area contributed by atoms with Gasteiger partial charge >= 0.3 is 0 Å². The molecule has 1 amide bonds. The van der Waals surface area contributed by atoms with Gasteiger partial charge in [0.1, 0.15) is 17.3 Å². The number of hydrogen-bond acceptors (Lipinski definition) is 6. The molecule has 2 N–H and O–H groups in total. The van der Waals surface area contributed by atoms with Gasteiger partial charge < -0.3 is 24.7 Å². The van der Waals surface area contributed by atoms with Crippen LogP contribution in [0, 0.1) is 12.8 Å². The van der Waals surface area contributed by atoms with Crippen molar-refractivity contribution in [2.75, 3.05) is 33.8 Å². The van der Waals surface area contributed by atoms with E-state index >= 15 is 0 Å². The molecular formula is C26H32N2O5. The van der Waals surface area contributed by atoms with E-state index in [2.05, 4.69) is 13.8 Å². The number of Topliss-reactive ketones (excluding diaryl/α,β-unsaturated/α-hetero) is 1. The van der Waals surface area contributed by atoms with Crippen LogP contribution in [0.4, 0.5) is 0 Å². The highest BCUT2D eigenvalue weighted by atomic mass is 16.5. The summed E-state index contributed by atoms with van der Waals surface area (Å²) in [6, 6.07) is 10.8. The maximum Gasteiger partial charge on any atom is 0.295 e. The number of benzene rings is 2. The van der Waals surface area contributed by atoms with Crippen LogP contribution in [0.2, 0.25) is 0 Å². The van der Waals surface area contributed by atoms with Crippen LogP contribution in [0.15, 0.2) is 48.0 Å². The van der Waals surface area contributed by atoms with Gasteiger partial charge in [0.05, 0.1) is 18.2 Å². The Labute approximate surface area is 194 Å². The number of ether oxygens (including phenoxy) is 1. The van der Waals surface area contributed by atoms with Crippen LogP contribution in [-0.2, 0) is 9.59 Å². The third-order valence-corrected chi connectivity index (χ3v) is 5.53. The Balaban J connectivity index is 2.07. The Hall–Kier alpha value is -3.32. The molecule has 2 aromatic carbocycles. The molecule has 2 aromatic rings. The van der Waals surface area contributed by atoms with Crippen molar-refractivity contribution in [2.24, 2.45) is 5.92 Å². The predicted octanol–water partition coefficient (Wildman–Crippen LogP) is 3.72. The molecule has 0 radical (unpaired) electrons. The van der Waals surface area contributed by atoms with Crippen molar-refractivity contribution < 1.29 is 24.5 Å². The molecule has 1 aliphatic heterocycles. The molecule has 0 bridgehead atoms. The smallest absolute Gasteiger partial charge is 0.295 e. The molecule has 1 aliphatic rings. The summed E-state index contributed by atoms with van der Waals surface area (Å²) in [6.45, 7) is 7.41. The summed E-state index contributed by atoms with van der Waals surface area (Å²) in [4.78, 5) is 29.4. The van der Waals surface area contributed by atoms with Crippen molar-refractivity contribution in [3.05, 3.63) is 64.7 Å². The van der Waals surface area contributed by atoms with E-state index in [1.165, 1.54) is 17.0 Å². The number of amides is 1. The van der Waals surface area contributed by atoms with Crippen LogP contribution in [0.1, 0.15) is 36.6 Å². The fourth-order valence-corrected chi connectivity index (χ4v) is 3.83. The van der Waals surface area contributed by atoms with Gasteiger partial charge in [0, 0.05) is 18.7 Å². The maximum absolute atomic E-state index is 13.1. The van der Waals surface area contributed by atoms with Crippen molar-refractivity contribution in [1.29, 1.82) is 0 Å².